The van der Waals surface area contributed by atoms with Gasteiger partial charge in [-0.2, -0.15) is 0 Å². The lowest BCUT2D eigenvalue weighted by Crippen LogP contribution is -1.96. The second-order valence-corrected chi connectivity index (χ2v) is 4.52. The van der Waals surface area contributed by atoms with E-state index >= 15 is 0 Å². The molecule has 0 atom stereocenters. The zero-order valence-electron chi connectivity index (χ0n) is 8.31. The third kappa shape index (κ3) is 2.46. The predicted molar refractivity (Wildman–Crippen MR) is 61.1 cm³/mol. The fraction of sp³-hybridized carbons (Fsp3) is 0.0833. The highest BCUT2D eigenvalue weighted by Gasteiger charge is 2.06. The molecule has 82 valence electrons. The Morgan fingerprint density at radius 3 is 2.81 bits per heavy atom. The summed E-state index contributed by atoms with van der Waals surface area (Å²) in [4.78, 5) is 12.2. The van der Waals surface area contributed by atoms with E-state index in [4.69, 9.17) is 5.11 Å². The Morgan fingerprint density at radius 1 is 1.31 bits per heavy atom. The topological polar surface area (TPSA) is 37.3 Å². The van der Waals surface area contributed by atoms with Crippen molar-refractivity contribution in [2.24, 2.45) is 0 Å². The van der Waals surface area contributed by atoms with E-state index in [2.05, 4.69) is 0 Å². The molecule has 4 heteroatoms. The number of benzene rings is 1. The highest BCUT2D eigenvalue weighted by atomic mass is 32.1. The van der Waals surface area contributed by atoms with Crippen LogP contribution in [-0.2, 0) is 11.2 Å². The maximum absolute atomic E-state index is 13.0. The molecule has 1 heterocycles. The van der Waals surface area contributed by atoms with Gasteiger partial charge in [0.2, 0.25) is 0 Å². The van der Waals surface area contributed by atoms with Gasteiger partial charge in [0, 0.05) is 9.75 Å². The van der Waals surface area contributed by atoms with Crippen LogP contribution in [0.3, 0.4) is 0 Å². The van der Waals surface area contributed by atoms with Gasteiger partial charge in [0.25, 0.3) is 0 Å². The number of rotatable bonds is 3. The van der Waals surface area contributed by atoms with Crippen LogP contribution < -0.4 is 0 Å². The molecule has 0 fully saturated rings. The molecule has 0 aliphatic heterocycles. The molecular weight excluding hydrogens is 227 g/mol. The van der Waals surface area contributed by atoms with Crippen LogP contribution >= 0.6 is 11.3 Å². The van der Waals surface area contributed by atoms with Crippen molar-refractivity contribution in [1.82, 2.24) is 0 Å². The minimum atomic E-state index is -0.854. The molecule has 0 bridgehead atoms. The van der Waals surface area contributed by atoms with E-state index in [1.54, 1.807) is 18.2 Å². The average Bonchev–Trinajstić information content (AvgIpc) is 2.65. The highest BCUT2D eigenvalue weighted by molar-refractivity contribution is 7.15. The number of thiophene rings is 1. The monoisotopic (exact) mass is 236 g/mol. The van der Waals surface area contributed by atoms with Gasteiger partial charge in [-0.15, -0.1) is 11.3 Å². The second-order valence-electron chi connectivity index (χ2n) is 3.35. The van der Waals surface area contributed by atoms with E-state index in [0.29, 0.717) is 0 Å². The zero-order chi connectivity index (χ0) is 11.5. The molecule has 0 aliphatic carbocycles. The Hall–Kier alpha value is -1.68. The Bertz CT molecular complexity index is 519. The first kappa shape index (κ1) is 10.8. The number of hydrogen-bond acceptors (Lipinski definition) is 2. The molecule has 0 saturated carbocycles. The first-order valence-electron chi connectivity index (χ1n) is 4.71. The van der Waals surface area contributed by atoms with Crippen molar-refractivity contribution >= 4 is 17.3 Å². The fourth-order valence-electron chi connectivity index (χ4n) is 1.42. The smallest absolute Gasteiger partial charge is 0.308 e. The molecule has 2 rings (SSSR count). The lowest BCUT2D eigenvalue weighted by Gasteiger charge is -1.96. The number of carboxylic acids is 1. The molecule has 1 aromatic heterocycles. The standard InChI is InChI=1S/C12H9FO2S/c13-9-3-1-2-8(6-9)11-5-4-10(16-11)7-12(14)15/h1-6H,7H2,(H,14,15). The summed E-state index contributed by atoms with van der Waals surface area (Å²) in [7, 11) is 0. The summed E-state index contributed by atoms with van der Waals surface area (Å²) in [6.45, 7) is 0. The minimum Gasteiger partial charge on any atom is -0.481 e. The molecule has 2 nitrogen and oxygen atoms in total. The number of carboxylic acid groups (broad SMARTS) is 1. The van der Waals surface area contributed by atoms with Crippen molar-refractivity contribution in [3.63, 3.8) is 0 Å². The summed E-state index contributed by atoms with van der Waals surface area (Å²) in [5.74, 6) is -1.14. The quantitative estimate of drug-likeness (QED) is 0.888. The third-order valence-corrected chi connectivity index (χ3v) is 3.23. The lowest BCUT2D eigenvalue weighted by atomic mass is 10.2. The normalized spacial score (nSPS) is 10.3. The molecule has 1 aromatic carbocycles. The summed E-state index contributed by atoms with van der Waals surface area (Å²) in [5.41, 5.74) is 0.779. The first-order chi connectivity index (χ1) is 7.65. The van der Waals surface area contributed by atoms with E-state index < -0.39 is 5.97 Å². The number of hydrogen-bond donors (Lipinski definition) is 1. The van der Waals surface area contributed by atoms with Gasteiger partial charge in [0.05, 0.1) is 6.42 Å². The molecular formula is C12H9FO2S. The zero-order valence-corrected chi connectivity index (χ0v) is 9.13. The van der Waals surface area contributed by atoms with Gasteiger partial charge in [-0.05, 0) is 29.8 Å². The van der Waals surface area contributed by atoms with Gasteiger partial charge in [0.1, 0.15) is 5.82 Å². The average molecular weight is 236 g/mol. The molecule has 0 saturated heterocycles. The molecule has 0 radical (unpaired) electrons. The molecule has 2 aromatic rings. The van der Waals surface area contributed by atoms with Gasteiger partial charge in [-0.25, -0.2) is 4.39 Å². The summed E-state index contributed by atoms with van der Waals surface area (Å²) in [6.07, 6.45) is 0.0139. The summed E-state index contributed by atoms with van der Waals surface area (Å²) >= 11 is 1.38. The molecule has 1 N–H and O–H groups in total. The molecule has 16 heavy (non-hydrogen) atoms. The maximum atomic E-state index is 13.0. The Morgan fingerprint density at radius 2 is 2.12 bits per heavy atom. The van der Waals surface area contributed by atoms with Gasteiger partial charge in [-0.3, -0.25) is 4.79 Å². The van der Waals surface area contributed by atoms with E-state index in [0.717, 1.165) is 15.3 Å². The van der Waals surface area contributed by atoms with Crippen LogP contribution in [0.4, 0.5) is 4.39 Å². The van der Waals surface area contributed by atoms with Crippen molar-refractivity contribution in [3.05, 3.63) is 47.1 Å². The molecule has 0 spiro atoms. The van der Waals surface area contributed by atoms with Crippen LogP contribution in [0, 0.1) is 5.82 Å². The molecule has 0 amide bonds. The Balaban J connectivity index is 2.28. The Kier molecular flexibility index (Phi) is 3.01. The third-order valence-electron chi connectivity index (χ3n) is 2.10. The maximum Gasteiger partial charge on any atom is 0.308 e. The van der Waals surface area contributed by atoms with Gasteiger partial charge < -0.3 is 5.11 Å². The lowest BCUT2D eigenvalue weighted by molar-refractivity contribution is -0.136. The largest absolute Gasteiger partial charge is 0.481 e. The van der Waals surface area contributed by atoms with Crippen molar-refractivity contribution in [2.75, 3.05) is 0 Å². The summed E-state index contributed by atoms with van der Waals surface area (Å²) < 4.78 is 13.0. The van der Waals surface area contributed by atoms with Crippen molar-refractivity contribution in [1.29, 1.82) is 0 Å². The summed E-state index contributed by atoms with van der Waals surface area (Å²) in [5, 5.41) is 8.64. The number of halogens is 1. The van der Waals surface area contributed by atoms with Gasteiger partial charge in [0.15, 0.2) is 0 Å². The van der Waals surface area contributed by atoms with Crippen LogP contribution in [0.2, 0.25) is 0 Å². The first-order valence-corrected chi connectivity index (χ1v) is 5.53. The predicted octanol–water partition coefficient (Wildman–Crippen LogP) is 3.18. The number of aliphatic carboxylic acids is 1. The second kappa shape index (κ2) is 4.45. The van der Waals surface area contributed by atoms with Crippen LogP contribution in [-0.4, -0.2) is 11.1 Å². The molecule has 0 aliphatic rings. The van der Waals surface area contributed by atoms with E-state index in [1.165, 1.54) is 23.5 Å². The number of carbonyl (C=O) groups is 1. The van der Waals surface area contributed by atoms with Gasteiger partial charge >= 0.3 is 5.97 Å². The van der Waals surface area contributed by atoms with E-state index in [9.17, 15) is 9.18 Å². The summed E-state index contributed by atoms with van der Waals surface area (Å²) in [6, 6.07) is 9.85. The van der Waals surface area contributed by atoms with Crippen molar-refractivity contribution in [2.45, 2.75) is 6.42 Å². The van der Waals surface area contributed by atoms with Crippen LogP contribution in [0.5, 0.6) is 0 Å². The Labute approximate surface area is 96.0 Å². The van der Waals surface area contributed by atoms with E-state index in [-0.39, 0.29) is 12.2 Å². The van der Waals surface area contributed by atoms with Crippen LogP contribution in [0.15, 0.2) is 36.4 Å². The highest BCUT2D eigenvalue weighted by Crippen LogP contribution is 2.28. The van der Waals surface area contributed by atoms with Crippen molar-refractivity contribution < 1.29 is 14.3 Å². The van der Waals surface area contributed by atoms with Gasteiger partial charge in [-0.1, -0.05) is 12.1 Å². The van der Waals surface area contributed by atoms with Crippen molar-refractivity contribution in [3.8, 4) is 10.4 Å². The minimum absolute atomic E-state index is 0.0139. The molecule has 0 unspecified atom stereocenters. The van der Waals surface area contributed by atoms with Crippen LogP contribution in [0.1, 0.15) is 4.88 Å². The SMILES string of the molecule is O=C(O)Cc1ccc(-c2cccc(F)c2)s1. The fourth-order valence-corrected chi connectivity index (χ4v) is 2.41. The van der Waals surface area contributed by atoms with E-state index in [1.807, 2.05) is 6.07 Å². The van der Waals surface area contributed by atoms with Crippen LogP contribution in [0.25, 0.3) is 10.4 Å².